The minimum absolute atomic E-state index is 0.0141. The van der Waals surface area contributed by atoms with Crippen molar-refractivity contribution in [1.29, 1.82) is 0 Å². The highest BCUT2D eigenvalue weighted by Crippen LogP contribution is 2.26. The zero-order chi connectivity index (χ0) is 17.5. The number of hydrazone groups is 1. The summed E-state index contributed by atoms with van der Waals surface area (Å²) in [5.41, 5.74) is 2.74. The number of carbonyl (C=O) groups is 1. The quantitative estimate of drug-likeness (QED) is 0.493. The van der Waals surface area contributed by atoms with E-state index in [1.165, 1.54) is 31.3 Å². The smallest absolute Gasteiger partial charge is 0.310 e. The molecule has 0 aromatic heterocycles. The number of carbonyl (C=O) groups excluding carboxylic acids is 1. The van der Waals surface area contributed by atoms with Gasteiger partial charge in [-0.2, -0.15) is 5.10 Å². The molecule has 8 heteroatoms. The molecule has 0 bridgehead atoms. The van der Waals surface area contributed by atoms with Gasteiger partial charge in [-0.15, -0.1) is 0 Å². The summed E-state index contributed by atoms with van der Waals surface area (Å²) in [4.78, 5) is 22.3. The van der Waals surface area contributed by atoms with E-state index >= 15 is 0 Å². The lowest BCUT2D eigenvalue weighted by atomic mass is 10.2. The van der Waals surface area contributed by atoms with E-state index in [1.54, 1.807) is 30.3 Å². The molecule has 24 heavy (non-hydrogen) atoms. The normalized spacial score (nSPS) is 11.9. The predicted octanol–water partition coefficient (Wildman–Crippen LogP) is 3.17. The average Bonchev–Trinajstić information content (AvgIpc) is 2.56. The van der Waals surface area contributed by atoms with Crippen LogP contribution in [-0.4, -0.2) is 23.1 Å². The molecule has 1 N–H and O–H groups in total. The topological polar surface area (TPSA) is 93.8 Å². The fourth-order valence-corrected chi connectivity index (χ4v) is 1.97. The van der Waals surface area contributed by atoms with Crippen LogP contribution in [0.5, 0.6) is 5.75 Å². The highest BCUT2D eigenvalue weighted by atomic mass is 35.5. The van der Waals surface area contributed by atoms with Crippen LogP contribution in [0.25, 0.3) is 0 Å². The number of benzene rings is 2. The molecule has 0 aliphatic carbocycles. The second-order valence-electron chi connectivity index (χ2n) is 4.74. The summed E-state index contributed by atoms with van der Waals surface area (Å²) in [7, 11) is 0. The number of amides is 1. The number of nitro groups is 1. The zero-order valence-corrected chi connectivity index (χ0v) is 13.4. The molecular formula is C16H14ClN3O4. The summed E-state index contributed by atoms with van der Waals surface area (Å²) in [6, 6.07) is 12.8. The fourth-order valence-electron chi connectivity index (χ4n) is 1.79. The lowest BCUT2D eigenvalue weighted by molar-refractivity contribution is -0.386. The summed E-state index contributed by atoms with van der Waals surface area (Å²) in [6.07, 6.45) is 0.437. The molecule has 0 radical (unpaired) electrons. The van der Waals surface area contributed by atoms with Crippen LogP contribution < -0.4 is 10.2 Å². The Bertz CT molecular complexity index is 779. The van der Waals surface area contributed by atoms with Crippen molar-refractivity contribution in [2.24, 2.45) is 5.10 Å². The number of rotatable bonds is 6. The van der Waals surface area contributed by atoms with E-state index in [9.17, 15) is 14.9 Å². The summed E-state index contributed by atoms with van der Waals surface area (Å²) in [5, 5.41) is 15.2. The second kappa shape index (κ2) is 8.07. The Labute approximate surface area is 143 Å². The van der Waals surface area contributed by atoms with Gasteiger partial charge < -0.3 is 4.74 Å². The van der Waals surface area contributed by atoms with Crippen molar-refractivity contribution in [3.05, 3.63) is 69.2 Å². The van der Waals surface area contributed by atoms with Crippen LogP contribution >= 0.6 is 11.6 Å². The van der Waals surface area contributed by atoms with Crippen LogP contribution in [0.4, 0.5) is 5.69 Å². The summed E-state index contributed by atoms with van der Waals surface area (Å²) in [5.74, 6) is -0.531. The van der Waals surface area contributed by atoms with Crippen LogP contribution in [-0.2, 0) is 4.79 Å². The first-order valence-electron chi connectivity index (χ1n) is 6.96. The lowest BCUT2D eigenvalue weighted by Crippen LogP contribution is -2.33. The third-order valence-electron chi connectivity index (χ3n) is 3.02. The highest BCUT2D eigenvalue weighted by molar-refractivity contribution is 6.33. The minimum Gasteiger partial charge on any atom is -0.474 e. The van der Waals surface area contributed by atoms with Crippen molar-refractivity contribution >= 4 is 29.4 Å². The van der Waals surface area contributed by atoms with Crippen molar-refractivity contribution in [2.75, 3.05) is 0 Å². The SMILES string of the molecule is CC(Oc1ccccc1[N+](=O)[O-])C(=O)N/N=C/c1ccccc1Cl. The number of hydrogen-bond acceptors (Lipinski definition) is 5. The van der Waals surface area contributed by atoms with Gasteiger partial charge in [0.05, 0.1) is 11.1 Å². The van der Waals surface area contributed by atoms with E-state index in [1.807, 2.05) is 0 Å². The third-order valence-corrected chi connectivity index (χ3v) is 3.36. The van der Waals surface area contributed by atoms with Crippen LogP contribution in [0, 0.1) is 10.1 Å². The van der Waals surface area contributed by atoms with Gasteiger partial charge >= 0.3 is 5.69 Å². The van der Waals surface area contributed by atoms with Crippen LogP contribution in [0.3, 0.4) is 0 Å². The van der Waals surface area contributed by atoms with Crippen molar-refractivity contribution in [3.63, 3.8) is 0 Å². The van der Waals surface area contributed by atoms with Gasteiger partial charge in [0.25, 0.3) is 5.91 Å². The van der Waals surface area contributed by atoms with Crippen molar-refractivity contribution < 1.29 is 14.5 Å². The van der Waals surface area contributed by atoms with E-state index in [2.05, 4.69) is 10.5 Å². The second-order valence-corrected chi connectivity index (χ2v) is 5.15. The maximum atomic E-state index is 12.0. The van der Waals surface area contributed by atoms with Crippen LogP contribution in [0.15, 0.2) is 53.6 Å². The highest BCUT2D eigenvalue weighted by Gasteiger charge is 2.20. The molecule has 0 spiro atoms. The first-order chi connectivity index (χ1) is 11.5. The number of nitrogens with zero attached hydrogens (tertiary/aromatic N) is 2. The Morgan fingerprint density at radius 2 is 1.96 bits per heavy atom. The Balaban J connectivity index is 1.98. The van der Waals surface area contributed by atoms with Gasteiger partial charge in [-0.05, 0) is 19.1 Å². The molecule has 7 nitrogen and oxygen atoms in total. The van der Waals surface area contributed by atoms with Crippen LogP contribution in [0.1, 0.15) is 12.5 Å². The molecule has 0 heterocycles. The predicted molar refractivity (Wildman–Crippen MR) is 90.4 cm³/mol. The summed E-state index contributed by atoms with van der Waals surface area (Å²) in [6.45, 7) is 1.47. The molecule has 0 saturated carbocycles. The van der Waals surface area contributed by atoms with Gasteiger partial charge in [0.15, 0.2) is 11.9 Å². The van der Waals surface area contributed by atoms with Gasteiger partial charge in [0.2, 0.25) is 0 Å². The maximum Gasteiger partial charge on any atom is 0.310 e. The van der Waals surface area contributed by atoms with Crippen molar-refractivity contribution in [1.82, 2.24) is 5.43 Å². The van der Waals surface area contributed by atoms with Gasteiger partial charge in [-0.25, -0.2) is 5.43 Å². The number of ether oxygens (including phenoxy) is 1. The Morgan fingerprint density at radius 1 is 1.29 bits per heavy atom. The standard InChI is InChI=1S/C16H14ClN3O4/c1-11(24-15-9-5-4-8-14(15)20(22)23)16(21)19-18-10-12-6-2-3-7-13(12)17/h2-11H,1H3,(H,19,21)/b18-10+. The molecule has 2 aromatic carbocycles. The molecule has 0 saturated heterocycles. The molecule has 2 aromatic rings. The maximum absolute atomic E-state index is 12.0. The van der Waals surface area contributed by atoms with E-state index in [0.29, 0.717) is 10.6 Å². The van der Waals surface area contributed by atoms with Crippen LogP contribution in [0.2, 0.25) is 5.02 Å². The molecule has 1 amide bonds. The minimum atomic E-state index is -0.963. The van der Waals surface area contributed by atoms with Crippen molar-refractivity contribution in [3.8, 4) is 5.75 Å². The zero-order valence-electron chi connectivity index (χ0n) is 12.7. The van der Waals surface area contributed by atoms with Gasteiger partial charge in [0.1, 0.15) is 0 Å². The van der Waals surface area contributed by atoms with E-state index in [0.717, 1.165) is 0 Å². The van der Waals surface area contributed by atoms with Gasteiger partial charge in [-0.3, -0.25) is 14.9 Å². The largest absolute Gasteiger partial charge is 0.474 e. The molecular weight excluding hydrogens is 334 g/mol. The fraction of sp³-hybridized carbons (Fsp3) is 0.125. The molecule has 0 fully saturated rings. The van der Waals surface area contributed by atoms with Crippen molar-refractivity contribution in [2.45, 2.75) is 13.0 Å². The molecule has 0 aliphatic rings. The summed E-state index contributed by atoms with van der Waals surface area (Å²) >= 11 is 5.96. The Morgan fingerprint density at radius 3 is 2.67 bits per heavy atom. The average molecular weight is 348 g/mol. The van der Waals surface area contributed by atoms with E-state index in [4.69, 9.17) is 16.3 Å². The van der Waals surface area contributed by atoms with E-state index in [-0.39, 0.29) is 11.4 Å². The van der Waals surface area contributed by atoms with Gasteiger partial charge in [-0.1, -0.05) is 41.9 Å². The lowest BCUT2D eigenvalue weighted by Gasteiger charge is -2.12. The number of nitro benzene ring substituents is 1. The Kier molecular flexibility index (Phi) is 5.86. The number of hydrogen-bond donors (Lipinski definition) is 1. The molecule has 1 atom stereocenters. The van der Waals surface area contributed by atoms with E-state index < -0.39 is 16.9 Å². The molecule has 2 rings (SSSR count). The molecule has 124 valence electrons. The number of nitrogens with one attached hydrogen (secondary N) is 1. The number of para-hydroxylation sites is 2. The molecule has 0 aliphatic heterocycles. The number of halogens is 1. The monoisotopic (exact) mass is 347 g/mol. The first-order valence-corrected chi connectivity index (χ1v) is 7.34. The summed E-state index contributed by atoms with van der Waals surface area (Å²) < 4.78 is 5.34. The van der Waals surface area contributed by atoms with Gasteiger partial charge in [0, 0.05) is 16.7 Å². The Hall–Kier alpha value is -2.93. The molecule has 1 unspecified atom stereocenters. The first kappa shape index (κ1) is 17.4. The third kappa shape index (κ3) is 4.53.